The maximum Gasteiger partial charge on any atom is 0.326 e. The summed E-state index contributed by atoms with van der Waals surface area (Å²) < 4.78 is 5.48. The average Bonchev–Trinajstić information content (AvgIpc) is 2.44. The number of anilines is 1. The molecule has 3 N–H and O–H groups in total. The van der Waals surface area contributed by atoms with Crippen LogP contribution in [0.15, 0.2) is 18.2 Å². The molecule has 0 saturated heterocycles. The molecule has 0 aliphatic carbocycles. The van der Waals surface area contributed by atoms with Gasteiger partial charge in [-0.1, -0.05) is 19.9 Å². The van der Waals surface area contributed by atoms with Crippen LogP contribution < -0.4 is 15.4 Å². The Kier molecular flexibility index (Phi) is 4.35. The first kappa shape index (κ1) is 15.8. The summed E-state index contributed by atoms with van der Waals surface area (Å²) in [6.07, 6.45) is -0.721. The monoisotopic (exact) mass is 306 g/mol. The fourth-order valence-electron chi connectivity index (χ4n) is 2.14. The molecular formula is C15H18N2O5. The summed E-state index contributed by atoms with van der Waals surface area (Å²) in [4.78, 5) is 35.1. The molecule has 1 heterocycles. The van der Waals surface area contributed by atoms with Gasteiger partial charge < -0.3 is 20.5 Å². The highest BCUT2D eigenvalue weighted by molar-refractivity contribution is 6.04. The predicted molar refractivity (Wildman–Crippen MR) is 78.9 cm³/mol. The number of fused-ring (bicyclic) bond motifs is 1. The molecule has 1 aromatic carbocycles. The minimum atomic E-state index is -1.10. The van der Waals surface area contributed by atoms with Crippen LogP contribution in [-0.2, 0) is 9.59 Å². The number of hydrogen-bond donors (Lipinski definition) is 3. The number of rotatable bonds is 4. The molecule has 1 aliphatic heterocycles. The molecule has 7 heteroatoms. The van der Waals surface area contributed by atoms with Crippen molar-refractivity contribution < 1.29 is 24.2 Å². The second-order valence-corrected chi connectivity index (χ2v) is 5.46. The van der Waals surface area contributed by atoms with Crippen molar-refractivity contribution in [2.45, 2.75) is 32.9 Å². The zero-order chi connectivity index (χ0) is 16.4. The average molecular weight is 306 g/mol. The van der Waals surface area contributed by atoms with Gasteiger partial charge >= 0.3 is 5.97 Å². The van der Waals surface area contributed by atoms with Crippen molar-refractivity contribution in [1.29, 1.82) is 0 Å². The number of carbonyl (C=O) groups excluding carboxylic acids is 2. The van der Waals surface area contributed by atoms with Crippen LogP contribution in [-0.4, -0.2) is 35.0 Å². The minimum absolute atomic E-state index is 0.191. The Morgan fingerprint density at radius 1 is 1.36 bits per heavy atom. The molecule has 7 nitrogen and oxygen atoms in total. The van der Waals surface area contributed by atoms with Crippen molar-refractivity contribution in [1.82, 2.24) is 5.32 Å². The van der Waals surface area contributed by atoms with Crippen molar-refractivity contribution in [2.75, 3.05) is 5.32 Å². The summed E-state index contributed by atoms with van der Waals surface area (Å²) in [7, 11) is 0. The molecule has 22 heavy (non-hydrogen) atoms. The first-order chi connectivity index (χ1) is 10.3. The van der Waals surface area contributed by atoms with Gasteiger partial charge in [-0.3, -0.25) is 9.59 Å². The number of carboxylic acid groups (broad SMARTS) is 1. The molecule has 2 rings (SSSR count). The van der Waals surface area contributed by atoms with Crippen LogP contribution in [0.4, 0.5) is 5.69 Å². The van der Waals surface area contributed by atoms with E-state index in [1.54, 1.807) is 32.9 Å². The van der Waals surface area contributed by atoms with Crippen molar-refractivity contribution in [3.63, 3.8) is 0 Å². The SMILES string of the molecule is CC1Oc2c(cccc2C(=O)N[C@H](C(=O)O)C(C)C)NC1=O. The number of ether oxygens (including phenoxy) is 1. The normalized spacial score (nSPS) is 18.0. The Balaban J connectivity index is 2.30. The maximum absolute atomic E-state index is 12.4. The number of nitrogens with one attached hydrogen (secondary N) is 2. The summed E-state index contributed by atoms with van der Waals surface area (Å²) in [5, 5.41) is 14.3. The summed E-state index contributed by atoms with van der Waals surface area (Å²) in [5.74, 6) is -1.96. The highest BCUT2D eigenvalue weighted by atomic mass is 16.5. The number of aliphatic carboxylic acids is 1. The molecule has 118 valence electrons. The van der Waals surface area contributed by atoms with Gasteiger partial charge in [0.15, 0.2) is 11.9 Å². The zero-order valence-electron chi connectivity index (χ0n) is 12.5. The molecule has 0 saturated carbocycles. The summed E-state index contributed by atoms with van der Waals surface area (Å²) in [5.41, 5.74) is 0.587. The van der Waals surface area contributed by atoms with Gasteiger partial charge in [-0.05, 0) is 25.0 Å². The fourth-order valence-corrected chi connectivity index (χ4v) is 2.14. The number of para-hydroxylation sites is 1. The van der Waals surface area contributed by atoms with Crippen LogP contribution >= 0.6 is 0 Å². The highest BCUT2D eigenvalue weighted by Crippen LogP contribution is 2.33. The molecule has 1 aromatic rings. The van der Waals surface area contributed by atoms with Crippen LogP contribution in [0.25, 0.3) is 0 Å². The molecule has 1 aliphatic rings. The molecule has 0 aromatic heterocycles. The number of amides is 2. The van der Waals surface area contributed by atoms with Crippen LogP contribution in [0.5, 0.6) is 5.75 Å². The Morgan fingerprint density at radius 3 is 2.64 bits per heavy atom. The number of carbonyl (C=O) groups is 3. The fraction of sp³-hybridized carbons (Fsp3) is 0.400. The van der Waals surface area contributed by atoms with Crippen LogP contribution in [0.1, 0.15) is 31.1 Å². The topological polar surface area (TPSA) is 105 Å². The van der Waals surface area contributed by atoms with E-state index in [2.05, 4.69) is 10.6 Å². The number of benzene rings is 1. The lowest BCUT2D eigenvalue weighted by Gasteiger charge is -2.25. The minimum Gasteiger partial charge on any atom is -0.480 e. The zero-order valence-corrected chi connectivity index (χ0v) is 12.5. The quantitative estimate of drug-likeness (QED) is 0.776. The number of carboxylic acids is 1. The molecule has 0 fully saturated rings. The third kappa shape index (κ3) is 3.03. The van der Waals surface area contributed by atoms with Crippen LogP contribution in [0, 0.1) is 5.92 Å². The third-order valence-electron chi connectivity index (χ3n) is 3.40. The molecule has 2 amide bonds. The smallest absolute Gasteiger partial charge is 0.326 e. The first-order valence-corrected chi connectivity index (χ1v) is 6.95. The largest absolute Gasteiger partial charge is 0.480 e. The van der Waals surface area contributed by atoms with E-state index < -0.39 is 24.0 Å². The second-order valence-electron chi connectivity index (χ2n) is 5.46. The lowest BCUT2D eigenvalue weighted by Crippen LogP contribution is -2.44. The van der Waals surface area contributed by atoms with Gasteiger partial charge in [-0.2, -0.15) is 0 Å². The van der Waals surface area contributed by atoms with Crippen molar-refractivity contribution in [2.24, 2.45) is 5.92 Å². The van der Waals surface area contributed by atoms with Crippen molar-refractivity contribution in [3.05, 3.63) is 23.8 Å². The maximum atomic E-state index is 12.4. The lowest BCUT2D eigenvalue weighted by atomic mass is 10.0. The van der Waals surface area contributed by atoms with E-state index >= 15 is 0 Å². The van der Waals surface area contributed by atoms with E-state index in [0.717, 1.165) is 0 Å². The van der Waals surface area contributed by atoms with E-state index in [1.807, 2.05) is 0 Å². The summed E-state index contributed by atoms with van der Waals surface area (Å²) >= 11 is 0. The van der Waals surface area contributed by atoms with Crippen molar-refractivity contribution in [3.8, 4) is 5.75 Å². The molecule has 0 bridgehead atoms. The van der Waals surface area contributed by atoms with Crippen LogP contribution in [0.3, 0.4) is 0 Å². The standard InChI is InChI=1S/C15H18N2O5/c1-7(2)11(15(20)21)17-14(19)9-5-4-6-10-12(9)22-8(3)13(18)16-10/h4-8,11H,1-3H3,(H,16,18)(H,17,19)(H,20,21)/t8?,11-/m0/s1. The van der Waals surface area contributed by atoms with Gasteiger partial charge in [0.05, 0.1) is 11.3 Å². The van der Waals surface area contributed by atoms with Gasteiger partial charge in [0.25, 0.3) is 11.8 Å². The van der Waals surface area contributed by atoms with E-state index in [4.69, 9.17) is 9.84 Å². The molecular weight excluding hydrogens is 288 g/mol. The van der Waals surface area contributed by atoms with Gasteiger partial charge in [0, 0.05) is 0 Å². The highest BCUT2D eigenvalue weighted by Gasteiger charge is 2.30. The van der Waals surface area contributed by atoms with Gasteiger partial charge in [0.2, 0.25) is 0 Å². The summed E-state index contributed by atoms with van der Waals surface area (Å²) in [6, 6.07) is 3.74. The predicted octanol–water partition coefficient (Wildman–Crippen LogP) is 1.24. The summed E-state index contributed by atoms with van der Waals surface area (Å²) in [6.45, 7) is 4.98. The second kappa shape index (κ2) is 6.05. The Labute approximate surface area is 127 Å². The Morgan fingerprint density at radius 2 is 2.05 bits per heavy atom. The molecule has 1 unspecified atom stereocenters. The van der Waals surface area contributed by atoms with Gasteiger partial charge in [-0.25, -0.2) is 4.79 Å². The molecule has 2 atom stereocenters. The Hall–Kier alpha value is -2.57. The first-order valence-electron chi connectivity index (χ1n) is 6.95. The van der Waals surface area contributed by atoms with E-state index in [9.17, 15) is 14.4 Å². The van der Waals surface area contributed by atoms with E-state index in [0.29, 0.717) is 5.69 Å². The van der Waals surface area contributed by atoms with E-state index in [-0.39, 0.29) is 23.1 Å². The van der Waals surface area contributed by atoms with Gasteiger partial charge in [0.1, 0.15) is 6.04 Å². The van der Waals surface area contributed by atoms with Crippen LogP contribution in [0.2, 0.25) is 0 Å². The molecule has 0 spiro atoms. The third-order valence-corrected chi connectivity index (χ3v) is 3.40. The van der Waals surface area contributed by atoms with Crippen molar-refractivity contribution >= 4 is 23.5 Å². The molecule has 0 radical (unpaired) electrons. The number of hydrogen-bond acceptors (Lipinski definition) is 4. The Bertz CT molecular complexity index is 626. The van der Waals surface area contributed by atoms with Gasteiger partial charge in [-0.15, -0.1) is 0 Å². The lowest BCUT2D eigenvalue weighted by molar-refractivity contribution is -0.140. The van der Waals surface area contributed by atoms with E-state index in [1.165, 1.54) is 6.07 Å².